The van der Waals surface area contributed by atoms with Gasteiger partial charge in [0.25, 0.3) is 0 Å². The third-order valence-electron chi connectivity index (χ3n) is 3.80. The third kappa shape index (κ3) is 2.87. The zero-order chi connectivity index (χ0) is 12.3. The first kappa shape index (κ1) is 12.1. The van der Waals surface area contributed by atoms with Crippen LogP contribution in [0.25, 0.3) is 0 Å². The minimum Gasteiger partial charge on any atom is -0.299 e. The SMILES string of the molecule is Cc1cccc(C)c1CN1CCC(C#N)CC1. The fourth-order valence-corrected chi connectivity index (χ4v) is 2.54. The van der Waals surface area contributed by atoms with Gasteiger partial charge in [-0.25, -0.2) is 0 Å². The highest BCUT2D eigenvalue weighted by molar-refractivity contribution is 5.33. The Morgan fingerprint density at radius 3 is 2.35 bits per heavy atom. The summed E-state index contributed by atoms with van der Waals surface area (Å²) in [4.78, 5) is 2.48. The molecule has 1 fully saturated rings. The van der Waals surface area contributed by atoms with Gasteiger partial charge in [0.15, 0.2) is 0 Å². The summed E-state index contributed by atoms with van der Waals surface area (Å²) in [6.07, 6.45) is 2.06. The molecule has 0 aliphatic carbocycles. The van der Waals surface area contributed by atoms with Crippen LogP contribution in [0.4, 0.5) is 0 Å². The fourth-order valence-electron chi connectivity index (χ4n) is 2.54. The number of nitrogens with zero attached hydrogens (tertiary/aromatic N) is 2. The normalized spacial score (nSPS) is 17.9. The highest BCUT2D eigenvalue weighted by atomic mass is 15.1. The van der Waals surface area contributed by atoms with Gasteiger partial charge in [0.1, 0.15) is 0 Å². The number of hydrogen-bond acceptors (Lipinski definition) is 2. The van der Waals surface area contributed by atoms with Crippen LogP contribution in [0.2, 0.25) is 0 Å². The molecule has 0 radical (unpaired) electrons. The van der Waals surface area contributed by atoms with Crippen molar-refractivity contribution in [3.63, 3.8) is 0 Å². The largest absolute Gasteiger partial charge is 0.299 e. The Balaban J connectivity index is 2.01. The third-order valence-corrected chi connectivity index (χ3v) is 3.80. The van der Waals surface area contributed by atoms with Crippen LogP contribution in [0.5, 0.6) is 0 Å². The number of likely N-dealkylation sites (tertiary alicyclic amines) is 1. The van der Waals surface area contributed by atoms with Crippen molar-refractivity contribution in [3.05, 3.63) is 34.9 Å². The number of rotatable bonds is 2. The van der Waals surface area contributed by atoms with Crippen molar-refractivity contribution >= 4 is 0 Å². The van der Waals surface area contributed by atoms with E-state index in [1.807, 2.05) is 0 Å². The number of aryl methyl sites for hydroxylation is 2. The van der Waals surface area contributed by atoms with Crippen molar-refractivity contribution in [2.75, 3.05) is 13.1 Å². The molecule has 0 bridgehead atoms. The monoisotopic (exact) mass is 228 g/mol. The van der Waals surface area contributed by atoms with Crippen LogP contribution in [0.3, 0.4) is 0 Å². The molecule has 0 aromatic heterocycles. The standard InChI is InChI=1S/C15H20N2/c1-12-4-3-5-13(2)15(12)11-17-8-6-14(10-16)7-9-17/h3-5,14H,6-9,11H2,1-2H3. The second-order valence-corrected chi connectivity index (χ2v) is 5.05. The van der Waals surface area contributed by atoms with Gasteiger partial charge in [-0.15, -0.1) is 0 Å². The lowest BCUT2D eigenvalue weighted by Gasteiger charge is -2.30. The Morgan fingerprint density at radius 2 is 1.82 bits per heavy atom. The van der Waals surface area contributed by atoms with Crippen LogP contribution in [0, 0.1) is 31.1 Å². The van der Waals surface area contributed by atoms with Crippen molar-refractivity contribution in [2.24, 2.45) is 5.92 Å². The van der Waals surface area contributed by atoms with Crippen molar-refractivity contribution in [2.45, 2.75) is 33.2 Å². The maximum atomic E-state index is 8.89. The number of nitriles is 1. The van der Waals surface area contributed by atoms with Crippen molar-refractivity contribution in [3.8, 4) is 6.07 Å². The van der Waals surface area contributed by atoms with Gasteiger partial charge in [-0.1, -0.05) is 18.2 Å². The molecule has 0 spiro atoms. The minimum atomic E-state index is 0.282. The highest BCUT2D eigenvalue weighted by Crippen LogP contribution is 2.21. The summed E-state index contributed by atoms with van der Waals surface area (Å²) in [7, 11) is 0. The lowest BCUT2D eigenvalue weighted by molar-refractivity contribution is 0.197. The first-order valence-electron chi connectivity index (χ1n) is 6.38. The number of piperidine rings is 1. The summed E-state index contributed by atoms with van der Waals surface area (Å²) >= 11 is 0. The molecule has 1 heterocycles. The molecule has 2 rings (SSSR count). The van der Waals surface area contributed by atoms with Gasteiger partial charge in [0, 0.05) is 12.5 Å². The van der Waals surface area contributed by atoms with E-state index in [9.17, 15) is 0 Å². The molecule has 17 heavy (non-hydrogen) atoms. The smallest absolute Gasteiger partial charge is 0.0656 e. The molecule has 0 N–H and O–H groups in total. The van der Waals surface area contributed by atoms with Crippen molar-refractivity contribution < 1.29 is 0 Å². The van der Waals surface area contributed by atoms with E-state index in [4.69, 9.17) is 5.26 Å². The Bertz CT molecular complexity index is 403. The van der Waals surface area contributed by atoms with E-state index in [1.54, 1.807) is 0 Å². The predicted octanol–water partition coefficient (Wildman–Crippen LogP) is 3.04. The zero-order valence-electron chi connectivity index (χ0n) is 10.7. The van der Waals surface area contributed by atoms with Gasteiger partial charge in [-0.05, 0) is 56.5 Å². The van der Waals surface area contributed by atoms with Gasteiger partial charge < -0.3 is 0 Å². The van der Waals surface area contributed by atoms with Crippen LogP contribution < -0.4 is 0 Å². The molecule has 2 heteroatoms. The van der Waals surface area contributed by atoms with E-state index in [1.165, 1.54) is 16.7 Å². The molecule has 0 atom stereocenters. The van der Waals surface area contributed by atoms with Crippen LogP contribution in [0.15, 0.2) is 18.2 Å². The Labute approximate surface area is 104 Å². The molecule has 1 aliphatic rings. The summed E-state index contributed by atoms with van der Waals surface area (Å²) in [5.41, 5.74) is 4.22. The zero-order valence-corrected chi connectivity index (χ0v) is 10.7. The molecule has 1 aliphatic heterocycles. The van der Waals surface area contributed by atoms with E-state index < -0.39 is 0 Å². The summed E-state index contributed by atoms with van der Waals surface area (Å²) < 4.78 is 0. The van der Waals surface area contributed by atoms with E-state index in [0.29, 0.717) is 0 Å². The average molecular weight is 228 g/mol. The molecule has 0 amide bonds. The number of benzene rings is 1. The molecule has 1 aromatic rings. The molecule has 0 unspecified atom stereocenters. The van der Waals surface area contributed by atoms with E-state index in [0.717, 1.165) is 32.5 Å². The molecular formula is C15H20N2. The van der Waals surface area contributed by atoms with Crippen molar-refractivity contribution in [1.29, 1.82) is 5.26 Å². The van der Waals surface area contributed by atoms with Crippen molar-refractivity contribution in [1.82, 2.24) is 4.90 Å². The van der Waals surface area contributed by atoms with Gasteiger partial charge in [0.05, 0.1) is 6.07 Å². The Hall–Kier alpha value is -1.33. The second-order valence-electron chi connectivity index (χ2n) is 5.05. The van der Waals surface area contributed by atoms with Gasteiger partial charge in [-0.3, -0.25) is 4.90 Å². The molecule has 0 saturated carbocycles. The molecule has 90 valence electrons. The topological polar surface area (TPSA) is 27.0 Å². The van der Waals surface area contributed by atoms with Crippen LogP contribution in [-0.4, -0.2) is 18.0 Å². The van der Waals surface area contributed by atoms with Gasteiger partial charge >= 0.3 is 0 Å². The highest BCUT2D eigenvalue weighted by Gasteiger charge is 2.19. The second kappa shape index (κ2) is 5.33. The summed E-state index contributed by atoms with van der Waals surface area (Å²) in [6.45, 7) is 7.53. The summed E-state index contributed by atoms with van der Waals surface area (Å²) in [6, 6.07) is 8.88. The van der Waals surface area contributed by atoms with E-state index in [2.05, 4.69) is 43.0 Å². The summed E-state index contributed by atoms with van der Waals surface area (Å²) in [5, 5.41) is 8.89. The maximum Gasteiger partial charge on any atom is 0.0656 e. The van der Waals surface area contributed by atoms with Gasteiger partial charge in [-0.2, -0.15) is 5.26 Å². The van der Waals surface area contributed by atoms with Crippen LogP contribution in [0.1, 0.15) is 29.5 Å². The molecule has 2 nitrogen and oxygen atoms in total. The van der Waals surface area contributed by atoms with Crippen LogP contribution >= 0.6 is 0 Å². The average Bonchev–Trinajstić information content (AvgIpc) is 2.35. The lowest BCUT2D eigenvalue weighted by Crippen LogP contribution is -2.33. The molecular weight excluding hydrogens is 208 g/mol. The van der Waals surface area contributed by atoms with Gasteiger partial charge in [0.2, 0.25) is 0 Å². The van der Waals surface area contributed by atoms with Crippen LogP contribution in [-0.2, 0) is 6.54 Å². The Kier molecular flexibility index (Phi) is 3.81. The molecule has 1 saturated heterocycles. The Morgan fingerprint density at radius 1 is 1.24 bits per heavy atom. The first-order chi connectivity index (χ1) is 8.20. The van der Waals surface area contributed by atoms with E-state index in [-0.39, 0.29) is 5.92 Å². The lowest BCUT2D eigenvalue weighted by atomic mass is 9.96. The quantitative estimate of drug-likeness (QED) is 0.778. The minimum absolute atomic E-state index is 0.282. The first-order valence-corrected chi connectivity index (χ1v) is 6.38. The van der Waals surface area contributed by atoms with E-state index >= 15 is 0 Å². The molecule has 1 aromatic carbocycles. The fraction of sp³-hybridized carbons (Fsp3) is 0.533. The number of hydrogen-bond donors (Lipinski definition) is 0. The maximum absolute atomic E-state index is 8.89. The predicted molar refractivity (Wildman–Crippen MR) is 69.5 cm³/mol. The summed E-state index contributed by atoms with van der Waals surface area (Å²) in [5.74, 6) is 0.282.